The van der Waals surface area contributed by atoms with E-state index in [4.69, 9.17) is 4.52 Å². The highest BCUT2D eigenvalue weighted by Gasteiger charge is 2.08. The molecule has 0 saturated carbocycles. The highest BCUT2D eigenvalue weighted by atomic mass is 16.5. The van der Waals surface area contributed by atoms with Crippen LogP contribution in [0, 0.1) is 5.92 Å². The monoisotopic (exact) mass is 253 g/mol. The van der Waals surface area contributed by atoms with E-state index in [0.29, 0.717) is 17.9 Å². The Balaban J connectivity index is 2.22. The predicted molar refractivity (Wildman–Crippen MR) is 74.6 cm³/mol. The highest BCUT2D eigenvalue weighted by molar-refractivity contribution is 5.08. The van der Waals surface area contributed by atoms with Gasteiger partial charge in [0.1, 0.15) is 5.76 Å². The largest absolute Gasteiger partial charge is 0.361 e. The Kier molecular flexibility index (Phi) is 6.36. The van der Waals surface area contributed by atoms with Crippen LogP contribution in [0.5, 0.6) is 0 Å². The van der Waals surface area contributed by atoms with Crippen molar-refractivity contribution in [3.63, 3.8) is 0 Å². The van der Waals surface area contributed by atoms with Crippen molar-refractivity contribution in [2.75, 3.05) is 13.1 Å². The lowest BCUT2D eigenvalue weighted by Gasteiger charge is -2.14. The molecule has 0 amide bonds. The van der Waals surface area contributed by atoms with Crippen LogP contribution in [0.4, 0.5) is 0 Å². The number of aromatic nitrogens is 1. The van der Waals surface area contributed by atoms with E-state index in [1.54, 1.807) is 0 Å². The zero-order valence-electron chi connectivity index (χ0n) is 12.3. The van der Waals surface area contributed by atoms with Crippen LogP contribution < -0.4 is 10.6 Å². The van der Waals surface area contributed by atoms with Crippen molar-refractivity contribution in [2.24, 2.45) is 5.92 Å². The van der Waals surface area contributed by atoms with Gasteiger partial charge >= 0.3 is 0 Å². The molecule has 0 bridgehead atoms. The third kappa shape index (κ3) is 5.65. The van der Waals surface area contributed by atoms with Gasteiger partial charge in [0, 0.05) is 31.1 Å². The van der Waals surface area contributed by atoms with Crippen molar-refractivity contribution in [3.8, 4) is 0 Å². The summed E-state index contributed by atoms with van der Waals surface area (Å²) in [5, 5.41) is 10.9. The van der Waals surface area contributed by atoms with Gasteiger partial charge in [0.25, 0.3) is 0 Å². The van der Waals surface area contributed by atoms with E-state index < -0.39 is 0 Å². The molecule has 0 spiro atoms. The zero-order chi connectivity index (χ0) is 13.5. The molecule has 0 aromatic carbocycles. The molecular formula is C14H27N3O. The molecule has 0 radical (unpaired) electrons. The molecule has 1 atom stereocenters. The van der Waals surface area contributed by atoms with Gasteiger partial charge in [0.05, 0.1) is 5.69 Å². The van der Waals surface area contributed by atoms with Crippen LogP contribution in [0.3, 0.4) is 0 Å². The maximum Gasteiger partial charge on any atom is 0.139 e. The van der Waals surface area contributed by atoms with E-state index in [9.17, 15) is 0 Å². The molecule has 0 aliphatic carbocycles. The van der Waals surface area contributed by atoms with E-state index in [1.165, 1.54) is 0 Å². The van der Waals surface area contributed by atoms with E-state index in [0.717, 1.165) is 31.1 Å². The summed E-state index contributed by atoms with van der Waals surface area (Å²) in [6.45, 7) is 13.6. The average molecular weight is 253 g/mol. The lowest BCUT2D eigenvalue weighted by Crippen LogP contribution is -2.37. The topological polar surface area (TPSA) is 50.1 Å². The Bertz CT molecular complexity index is 334. The minimum absolute atomic E-state index is 0.399. The van der Waals surface area contributed by atoms with Crippen LogP contribution >= 0.6 is 0 Å². The molecule has 1 rings (SSSR count). The Morgan fingerprint density at radius 1 is 1.17 bits per heavy atom. The third-order valence-corrected chi connectivity index (χ3v) is 2.78. The van der Waals surface area contributed by atoms with Gasteiger partial charge in [0.15, 0.2) is 0 Å². The summed E-state index contributed by atoms with van der Waals surface area (Å²) in [4.78, 5) is 0. The van der Waals surface area contributed by atoms with Crippen molar-refractivity contribution in [3.05, 3.63) is 17.5 Å². The van der Waals surface area contributed by atoms with Gasteiger partial charge in [0.2, 0.25) is 0 Å². The predicted octanol–water partition coefficient (Wildman–Crippen LogP) is 2.52. The summed E-state index contributed by atoms with van der Waals surface area (Å²) in [7, 11) is 0. The molecule has 1 heterocycles. The van der Waals surface area contributed by atoms with Crippen molar-refractivity contribution in [1.29, 1.82) is 0 Å². The maximum atomic E-state index is 5.27. The van der Waals surface area contributed by atoms with Crippen molar-refractivity contribution < 1.29 is 4.52 Å². The normalized spacial score (nSPS) is 13.5. The summed E-state index contributed by atoms with van der Waals surface area (Å²) in [5.74, 6) is 2.05. The molecule has 0 aliphatic rings. The average Bonchev–Trinajstić information content (AvgIpc) is 2.74. The molecule has 1 aromatic rings. The minimum Gasteiger partial charge on any atom is -0.361 e. The van der Waals surface area contributed by atoms with Crippen molar-refractivity contribution in [1.82, 2.24) is 15.8 Å². The standard InChI is InChI=1S/C14H27N3O/c1-10(2)7-15-8-12(5)16-9-13-6-14(11(3)4)18-17-13/h6,10-12,15-16H,7-9H2,1-5H3. The van der Waals surface area contributed by atoms with Gasteiger partial charge in [-0.3, -0.25) is 0 Å². The number of hydrogen-bond donors (Lipinski definition) is 2. The minimum atomic E-state index is 0.399. The Labute approximate surface area is 111 Å². The van der Waals surface area contributed by atoms with Crippen LogP contribution in [0.2, 0.25) is 0 Å². The van der Waals surface area contributed by atoms with E-state index in [1.807, 2.05) is 6.07 Å². The lowest BCUT2D eigenvalue weighted by atomic mass is 10.1. The molecule has 0 aliphatic heterocycles. The first kappa shape index (κ1) is 15.2. The fourth-order valence-electron chi connectivity index (χ4n) is 1.62. The number of nitrogens with zero attached hydrogens (tertiary/aromatic N) is 1. The molecule has 1 aromatic heterocycles. The molecule has 4 heteroatoms. The summed E-state index contributed by atoms with van der Waals surface area (Å²) in [6, 6.07) is 2.47. The molecule has 4 nitrogen and oxygen atoms in total. The van der Waals surface area contributed by atoms with Crippen LogP contribution in [-0.4, -0.2) is 24.3 Å². The quantitative estimate of drug-likeness (QED) is 0.747. The van der Waals surface area contributed by atoms with Crippen LogP contribution in [-0.2, 0) is 6.54 Å². The van der Waals surface area contributed by atoms with Gasteiger partial charge in [-0.1, -0.05) is 32.9 Å². The van der Waals surface area contributed by atoms with Crippen LogP contribution in [0.25, 0.3) is 0 Å². The fraction of sp³-hybridized carbons (Fsp3) is 0.786. The first-order valence-electron chi connectivity index (χ1n) is 6.88. The number of nitrogens with one attached hydrogen (secondary N) is 2. The second kappa shape index (κ2) is 7.54. The lowest BCUT2D eigenvalue weighted by molar-refractivity contribution is 0.362. The van der Waals surface area contributed by atoms with Gasteiger partial charge in [-0.15, -0.1) is 0 Å². The van der Waals surface area contributed by atoms with Gasteiger partial charge in [-0.2, -0.15) is 0 Å². The smallest absolute Gasteiger partial charge is 0.139 e. The summed E-state index contributed by atoms with van der Waals surface area (Å²) in [5.41, 5.74) is 0.981. The zero-order valence-corrected chi connectivity index (χ0v) is 12.3. The summed E-state index contributed by atoms with van der Waals surface area (Å²) >= 11 is 0. The highest BCUT2D eigenvalue weighted by Crippen LogP contribution is 2.14. The Morgan fingerprint density at radius 3 is 2.44 bits per heavy atom. The number of hydrogen-bond acceptors (Lipinski definition) is 4. The van der Waals surface area contributed by atoms with E-state index in [-0.39, 0.29) is 0 Å². The molecule has 2 N–H and O–H groups in total. The van der Waals surface area contributed by atoms with E-state index in [2.05, 4.69) is 50.4 Å². The molecule has 0 fully saturated rings. The van der Waals surface area contributed by atoms with Crippen LogP contribution in [0.1, 0.15) is 52.0 Å². The Morgan fingerprint density at radius 2 is 1.89 bits per heavy atom. The molecule has 1 unspecified atom stereocenters. The second-order valence-electron chi connectivity index (χ2n) is 5.71. The molecule has 104 valence electrons. The SMILES string of the molecule is CC(C)CNCC(C)NCc1cc(C(C)C)on1. The Hall–Kier alpha value is -0.870. The van der Waals surface area contributed by atoms with Crippen molar-refractivity contribution in [2.45, 2.75) is 53.1 Å². The van der Waals surface area contributed by atoms with Crippen molar-refractivity contribution >= 4 is 0 Å². The maximum absolute atomic E-state index is 5.27. The first-order valence-corrected chi connectivity index (χ1v) is 6.88. The van der Waals surface area contributed by atoms with Crippen LogP contribution in [0.15, 0.2) is 10.6 Å². The first-order chi connectivity index (χ1) is 8.49. The summed E-state index contributed by atoms with van der Waals surface area (Å²) < 4.78 is 5.27. The molecule has 0 saturated heterocycles. The summed E-state index contributed by atoms with van der Waals surface area (Å²) in [6.07, 6.45) is 0. The van der Waals surface area contributed by atoms with E-state index >= 15 is 0 Å². The van der Waals surface area contributed by atoms with Gasteiger partial charge < -0.3 is 15.2 Å². The van der Waals surface area contributed by atoms with Gasteiger partial charge in [-0.25, -0.2) is 0 Å². The molecular weight excluding hydrogens is 226 g/mol. The second-order valence-corrected chi connectivity index (χ2v) is 5.71. The van der Waals surface area contributed by atoms with Gasteiger partial charge in [-0.05, 0) is 19.4 Å². The number of rotatable bonds is 8. The molecule has 18 heavy (non-hydrogen) atoms. The fourth-order valence-corrected chi connectivity index (χ4v) is 1.62. The third-order valence-electron chi connectivity index (χ3n) is 2.78.